The lowest BCUT2D eigenvalue weighted by atomic mass is 9.85. The fraction of sp³-hybridized carbons (Fsp3) is 0.182. The molecule has 8 aromatic rings. The van der Waals surface area contributed by atoms with E-state index in [1.807, 2.05) is 62.4 Å². The van der Waals surface area contributed by atoms with Gasteiger partial charge in [0.25, 0.3) is 0 Å². The van der Waals surface area contributed by atoms with Crippen molar-refractivity contribution >= 4 is 94.1 Å². The number of carbonyl (C=O) groups excluding carboxylic acids is 2. The molecule has 0 bridgehead atoms. The number of amides is 2. The molecule has 2 amide bonds. The van der Waals surface area contributed by atoms with E-state index in [2.05, 4.69) is 60.7 Å². The molecule has 7 nitrogen and oxygen atoms in total. The van der Waals surface area contributed by atoms with Gasteiger partial charge in [-0.2, -0.15) is 0 Å². The number of carbonyl (C=O) groups is 4. The lowest BCUT2D eigenvalue weighted by Gasteiger charge is -2.25. The van der Waals surface area contributed by atoms with Crippen molar-refractivity contribution < 1.29 is 29.4 Å². The zero-order chi connectivity index (χ0) is 35.8. The van der Waals surface area contributed by atoms with Gasteiger partial charge in [0, 0.05) is 19.3 Å². The molecule has 1 atom stereocenters. The lowest BCUT2D eigenvalue weighted by molar-refractivity contribution is -0.139. The molecule has 0 aromatic heterocycles. The van der Waals surface area contributed by atoms with Gasteiger partial charge >= 0.3 is 11.9 Å². The van der Waals surface area contributed by atoms with Gasteiger partial charge < -0.3 is 10.2 Å². The summed E-state index contributed by atoms with van der Waals surface area (Å²) in [6.07, 6.45) is 1.71. The van der Waals surface area contributed by atoms with Crippen molar-refractivity contribution in [3.8, 4) is 0 Å². The Bertz CT molecular complexity index is 2440. The molecule has 254 valence electrons. The Hall–Kier alpha value is -6.08. The number of imide groups is 1. The van der Waals surface area contributed by atoms with Gasteiger partial charge in [-0.3, -0.25) is 24.1 Å². The summed E-state index contributed by atoms with van der Waals surface area (Å²) in [7, 11) is 0. The molecule has 7 heteroatoms. The molecule has 1 aliphatic heterocycles. The van der Waals surface area contributed by atoms with E-state index in [0.717, 1.165) is 38.7 Å². The summed E-state index contributed by atoms with van der Waals surface area (Å²) >= 11 is 0. The van der Waals surface area contributed by atoms with E-state index in [-0.39, 0.29) is 24.7 Å². The predicted molar refractivity (Wildman–Crippen MR) is 205 cm³/mol. The topological polar surface area (TPSA) is 112 Å². The minimum Gasteiger partial charge on any atom is -0.481 e. The summed E-state index contributed by atoms with van der Waals surface area (Å²) in [6, 6.07) is 37.7. The molecule has 1 unspecified atom stereocenters. The van der Waals surface area contributed by atoms with Crippen LogP contribution in [0.2, 0.25) is 0 Å². The molecule has 0 spiro atoms. The summed E-state index contributed by atoms with van der Waals surface area (Å²) in [5.41, 5.74) is 0.965. The van der Waals surface area contributed by atoms with E-state index in [1.165, 1.54) is 37.2 Å². The Morgan fingerprint density at radius 2 is 1.02 bits per heavy atom. The summed E-state index contributed by atoms with van der Waals surface area (Å²) in [5.74, 6) is -3.02. The smallest absolute Gasteiger partial charge is 0.311 e. The number of benzene rings is 8. The third-order valence-electron chi connectivity index (χ3n) is 9.87. The average molecular weight is 676 g/mol. The maximum Gasteiger partial charge on any atom is 0.311 e. The van der Waals surface area contributed by atoms with Gasteiger partial charge in [0.05, 0.1) is 11.6 Å². The van der Waals surface area contributed by atoms with Crippen LogP contribution in [0.4, 0.5) is 5.69 Å². The molecule has 1 heterocycles. The molecular weight excluding hydrogens is 638 g/mol. The van der Waals surface area contributed by atoms with Crippen LogP contribution >= 0.6 is 0 Å². The molecule has 2 N–H and O–H groups in total. The highest BCUT2D eigenvalue weighted by Crippen LogP contribution is 2.44. The zero-order valence-corrected chi connectivity index (χ0v) is 28.5. The van der Waals surface area contributed by atoms with Gasteiger partial charge in [0.1, 0.15) is 0 Å². The number of rotatable bonds is 6. The van der Waals surface area contributed by atoms with Crippen LogP contribution in [0.3, 0.4) is 0 Å². The number of hydrogen-bond acceptors (Lipinski definition) is 4. The zero-order valence-electron chi connectivity index (χ0n) is 28.5. The largest absolute Gasteiger partial charge is 0.481 e. The standard InChI is InChI=1S/C24H19NO4.C16H10.C4H8O2/c1-2-16(24(28)29)23-17-9-8-14-5-3-4-13-6-7-15(22(17)21(13)14)12-18(23)25-19(26)10-11-20(25)27;1-3-11-7-9-13-5-2-6-14-10-8-12(4-1)15(11)16(13)14;1-2-3-4(5)6/h3-9,12,16H,2,10-11H2,1H3,(H,28,29);1-10H;2-3H2,1H3,(H,5,6). The average Bonchev–Trinajstić information content (AvgIpc) is 3.47. The first-order valence-electron chi connectivity index (χ1n) is 17.3. The van der Waals surface area contributed by atoms with Crippen molar-refractivity contribution in [1.29, 1.82) is 0 Å². The Morgan fingerprint density at radius 3 is 1.39 bits per heavy atom. The molecule has 1 aliphatic rings. The Morgan fingerprint density at radius 1 is 0.608 bits per heavy atom. The van der Waals surface area contributed by atoms with Crippen LogP contribution < -0.4 is 4.90 Å². The number of nitrogens with zero attached hydrogens (tertiary/aromatic N) is 1. The van der Waals surface area contributed by atoms with Crippen LogP contribution in [-0.2, 0) is 19.2 Å². The van der Waals surface area contributed by atoms with Crippen LogP contribution in [-0.4, -0.2) is 34.0 Å². The maximum atomic E-state index is 12.5. The lowest BCUT2D eigenvalue weighted by Crippen LogP contribution is -2.30. The first kappa shape index (κ1) is 33.4. The van der Waals surface area contributed by atoms with Gasteiger partial charge in [-0.25, -0.2) is 0 Å². The molecular formula is C44H37NO6. The SMILES string of the molecule is CCC(C(=O)O)c1c(N2C(=O)CCC2=O)cc2ccc3cccc4ccc1c2c34.CCCC(=O)O.c1cc2ccc3cccc4ccc(c1)c2c34. The monoisotopic (exact) mass is 675 g/mol. The molecule has 0 aliphatic carbocycles. The van der Waals surface area contributed by atoms with Crippen LogP contribution in [0.25, 0.3) is 64.6 Å². The third kappa shape index (κ3) is 5.95. The maximum absolute atomic E-state index is 12.5. The van der Waals surface area contributed by atoms with Crippen molar-refractivity contribution in [3.05, 3.63) is 115 Å². The van der Waals surface area contributed by atoms with E-state index < -0.39 is 17.9 Å². The highest BCUT2D eigenvalue weighted by molar-refractivity contribution is 6.28. The van der Waals surface area contributed by atoms with Gasteiger partial charge in [-0.05, 0) is 89.1 Å². The third-order valence-corrected chi connectivity index (χ3v) is 9.87. The number of hydrogen-bond donors (Lipinski definition) is 2. The van der Waals surface area contributed by atoms with Crippen molar-refractivity contribution in [1.82, 2.24) is 0 Å². The number of carboxylic acids is 2. The van der Waals surface area contributed by atoms with Crippen LogP contribution in [0.15, 0.2) is 109 Å². The van der Waals surface area contributed by atoms with Gasteiger partial charge in [0.2, 0.25) is 11.8 Å². The van der Waals surface area contributed by atoms with Gasteiger partial charge in [0.15, 0.2) is 0 Å². The van der Waals surface area contributed by atoms with Crippen molar-refractivity contribution in [3.63, 3.8) is 0 Å². The Kier molecular flexibility index (Phi) is 8.96. The quantitative estimate of drug-likeness (QED) is 0.134. The van der Waals surface area contributed by atoms with E-state index in [0.29, 0.717) is 24.1 Å². The fourth-order valence-corrected chi connectivity index (χ4v) is 7.60. The van der Waals surface area contributed by atoms with Crippen molar-refractivity contribution in [2.45, 2.75) is 51.9 Å². The summed E-state index contributed by atoms with van der Waals surface area (Å²) < 4.78 is 0. The van der Waals surface area contributed by atoms with Crippen LogP contribution in [0.5, 0.6) is 0 Å². The molecule has 1 saturated heterocycles. The van der Waals surface area contributed by atoms with Gasteiger partial charge in [-0.1, -0.05) is 117 Å². The molecule has 0 saturated carbocycles. The molecule has 0 radical (unpaired) electrons. The minimum absolute atomic E-state index is 0.160. The second-order valence-electron chi connectivity index (χ2n) is 13.0. The van der Waals surface area contributed by atoms with Crippen molar-refractivity contribution in [2.75, 3.05) is 4.90 Å². The van der Waals surface area contributed by atoms with E-state index in [4.69, 9.17) is 5.11 Å². The Labute approximate surface area is 294 Å². The molecule has 1 fully saturated rings. The summed E-state index contributed by atoms with van der Waals surface area (Å²) in [4.78, 5) is 48.0. The second kappa shape index (κ2) is 13.7. The molecule has 8 aromatic carbocycles. The normalized spacial score (nSPS) is 13.6. The first-order chi connectivity index (χ1) is 24.7. The Balaban J connectivity index is 0.000000153. The number of anilines is 1. The fourth-order valence-electron chi connectivity index (χ4n) is 7.60. The molecule has 9 rings (SSSR count). The van der Waals surface area contributed by atoms with Crippen LogP contribution in [0, 0.1) is 0 Å². The van der Waals surface area contributed by atoms with Crippen LogP contribution in [0.1, 0.15) is 57.4 Å². The molecule has 51 heavy (non-hydrogen) atoms. The highest BCUT2D eigenvalue weighted by atomic mass is 16.4. The number of carboxylic acid groups (broad SMARTS) is 2. The minimum atomic E-state index is -0.956. The van der Waals surface area contributed by atoms with E-state index in [1.54, 1.807) is 0 Å². The number of aliphatic carboxylic acids is 2. The summed E-state index contributed by atoms with van der Waals surface area (Å²) in [6.45, 7) is 3.66. The summed E-state index contributed by atoms with van der Waals surface area (Å²) in [5, 5.41) is 31.9. The van der Waals surface area contributed by atoms with E-state index >= 15 is 0 Å². The predicted octanol–water partition coefficient (Wildman–Crippen LogP) is 10.3. The van der Waals surface area contributed by atoms with Gasteiger partial charge in [-0.15, -0.1) is 0 Å². The first-order valence-corrected chi connectivity index (χ1v) is 17.3. The van der Waals surface area contributed by atoms with Crippen molar-refractivity contribution in [2.24, 2.45) is 0 Å². The second-order valence-corrected chi connectivity index (χ2v) is 13.0. The van der Waals surface area contributed by atoms with E-state index in [9.17, 15) is 24.3 Å². The highest BCUT2D eigenvalue weighted by Gasteiger charge is 2.35.